The van der Waals surface area contributed by atoms with Crippen molar-refractivity contribution in [3.8, 4) is 5.75 Å². The smallest absolute Gasteiger partial charge is 0.303 e. The second-order valence-corrected chi connectivity index (χ2v) is 6.48. The summed E-state index contributed by atoms with van der Waals surface area (Å²) in [5.74, 6) is -0.837. The number of non-ortho nitro benzene ring substituents is 1. The summed E-state index contributed by atoms with van der Waals surface area (Å²) in [5, 5.41) is 25.5. The maximum atomic E-state index is 12.6. The van der Waals surface area contributed by atoms with Gasteiger partial charge in [-0.3, -0.25) is 19.7 Å². The van der Waals surface area contributed by atoms with E-state index in [4.69, 9.17) is 9.84 Å². The van der Waals surface area contributed by atoms with Crippen molar-refractivity contribution in [2.45, 2.75) is 25.3 Å². The lowest BCUT2D eigenvalue weighted by Crippen LogP contribution is -2.27. The predicted octanol–water partition coefficient (Wildman–Crippen LogP) is 3.15. The van der Waals surface area contributed by atoms with Gasteiger partial charge in [0.25, 0.3) is 5.69 Å². The number of hydrogen-bond donors (Lipinski definition) is 1. The van der Waals surface area contributed by atoms with Crippen LogP contribution in [0.2, 0.25) is 0 Å². The van der Waals surface area contributed by atoms with E-state index in [1.807, 2.05) is 6.07 Å². The molecule has 150 valence electrons. The number of nitrogens with zero attached hydrogens (tertiary/aromatic N) is 3. The molecule has 1 aliphatic rings. The van der Waals surface area contributed by atoms with E-state index in [0.29, 0.717) is 23.4 Å². The third kappa shape index (κ3) is 4.57. The van der Waals surface area contributed by atoms with E-state index in [1.54, 1.807) is 37.4 Å². The molecule has 1 amide bonds. The van der Waals surface area contributed by atoms with Gasteiger partial charge in [-0.1, -0.05) is 12.1 Å². The van der Waals surface area contributed by atoms with E-state index in [1.165, 1.54) is 17.1 Å². The van der Waals surface area contributed by atoms with Gasteiger partial charge in [0.1, 0.15) is 5.75 Å². The first-order valence-corrected chi connectivity index (χ1v) is 8.89. The Hall–Kier alpha value is -3.75. The quantitative estimate of drug-likeness (QED) is 0.566. The van der Waals surface area contributed by atoms with Crippen LogP contribution in [0.4, 0.5) is 5.69 Å². The molecule has 0 saturated heterocycles. The van der Waals surface area contributed by atoms with Crippen molar-refractivity contribution < 1.29 is 24.4 Å². The van der Waals surface area contributed by atoms with Gasteiger partial charge >= 0.3 is 5.97 Å². The van der Waals surface area contributed by atoms with E-state index in [2.05, 4.69) is 5.10 Å². The largest absolute Gasteiger partial charge is 0.497 e. The number of carboxylic acids is 1. The minimum absolute atomic E-state index is 0.0360. The highest BCUT2D eigenvalue weighted by Crippen LogP contribution is 2.35. The van der Waals surface area contributed by atoms with E-state index in [0.717, 1.165) is 5.56 Å². The van der Waals surface area contributed by atoms with Crippen LogP contribution in [0.1, 0.15) is 36.4 Å². The molecule has 0 fully saturated rings. The van der Waals surface area contributed by atoms with Crippen molar-refractivity contribution in [2.24, 2.45) is 5.10 Å². The van der Waals surface area contributed by atoms with Crippen molar-refractivity contribution in [1.82, 2.24) is 5.01 Å². The molecule has 2 aromatic carbocycles. The van der Waals surface area contributed by atoms with Crippen molar-refractivity contribution in [1.29, 1.82) is 0 Å². The number of nitro groups is 1. The summed E-state index contributed by atoms with van der Waals surface area (Å²) in [6.45, 7) is 0. The Morgan fingerprint density at radius 2 is 1.97 bits per heavy atom. The zero-order valence-electron chi connectivity index (χ0n) is 15.6. The van der Waals surface area contributed by atoms with Crippen LogP contribution in [0, 0.1) is 10.1 Å². The molecule has 0 aromatic heterocycles. The van der Waals surface area contributed by atoms with E-state index in [9.17, 15) is 19.7 Å². The number of hydrogen-bond acceptors (Lipinski definition) is 6. The Bertz CT molecular complexity index is 970. The molecule has 0 unspecified atom stereocenters. The van der Waals surface area contributed by atoms with Crippen molar-refractivity contribution in [2.75, 3.05) is 7.11 Å². The molecule has 3 rings (SSSR count). The number of nitro benzene ring substituents is 1. The second-order valence-electron chi connectivity index (χ2n) is 6.48. The minimum atomic E-state index is -1.06. The van der Waals surface area contributed by atoms with Gasteiger partial charge < -0.3 is 9.84 Å². The van der Waals surface area contributed by atoms with E-state index < -0.39 is 22.8 Å². The van der Waals surface area contributed by atoms with Crippen LogP contribution in [0.25, 0.3) is 0 Å². The third-order valence-corrected chi connectivity index (χ3v) is 4.61. The number of amides is 1. The van der Waals surface area contributed by atoms with Crippen LogP contribution in [0.3, 0.4) is 0 Å². The molecular formula is C20H19N3O6. The van der Waals surface area contributed by atoms with Crippen LogP contribution >= 0.6 is 0 Å². The number of carbonyl (C=O) groups is 2. The van der Waals surface area contributed by atoms with Gasteiger partial charge in [-0.15, -0.1) is 0 Å². The van der Waals surface area contributed by atoms with Crippen molar-refractivity contribution in [3.63, 3.8) is 0 Å². The molecule has 29 heavy (non-hydrogen) atoms. The highest BCUT2D eigenvalue weighted by atomic mass is 16.6. The second kappa shape index (κ2) is 8.51. The number of hydrazone groups is 1. The number of benzene rings is 2. The Labute approximate surface area is 166 Å². The van der Waals surface area contributed by atoms with Crippen LogP contribution in [0.15, 0.2) is 53.6 Å². The fourth-order valence-electron chi connectivity index (χ4n) is 3.13. The van der Waals surface area contributed by atoms with E-state index >= 15 is 0 Å². The van der Waals surface area contributed by atoms with E-state index in [-0.39, 0.29) is 18.5 Å². The number of methoxy groups -OCH3 is 1. The molecule has 0 saturated carbocycles. The first kappa shape index (κ1) is 20.0. The molecule has 9 heteroatoms. The highest BCUT2D eigenvalue weighted by molar-refractivity contribution is 6.03. The fourth-order valence-corrected chi connectivity index (χ4v) is 3.13. The zero-order valence-corrected chi connectivity index (χ0v) is 15.6. The Kier molecular flexibility index (Phi) is 5.87. The Morgan fingerprint density at radius 3 is 2.59 bits per heavy atom. The summed E-state index contributed by atoms with van der Waals surface area (Å²) in [7, 11) is 1.54. The molecule has 1 N–H and O–H groups in total. The van der Waals surface area contributed by atoms with Gasteiger partial charge in [0.15, 0.2) is 0 Å². The zero-order chi connectivity index (χ0) is 21.0. The molecule has 1 atom stereocenters. The lowest BCUT2D eigenvalue weighted by molar-refractivity contribution is -0.384. The predicted molar refractivity (Wildman–Crippen MR) is 104 cm³/mol. The molecule has 0 bridgehead atoms. The van der Waals surface area contributed by atoms with Crippen molar-refractivity contribution in [3.05, 3.63) is 69.8 Å². The van der Waals surface area contributed by atoms with Crippen LogP contribution in [-0.4, -0.2) is 39.7 Å². The molecular weight excluding hydrogens is 378 g/mol. The van der Waals surface area contributed by atoms with Gasteiger partial charge in [0.2, 0.25) is 5.91 Å². The summed E-state index contributed by atoms with van der Waals surface area (Å²) in [5.41, 5.74) is 2.02. The Morgan fingerprint density at radius 1 is 1.24 bits per heavy atom. The highest BCUT2D eigenvalue weighted by Gasteiger charge is 2.33. The topological polar surface area (TPSA) is 122 Å². The summed E-state index contributed by atoms with van der Waals surface area (Å²) in [4.78, 5) is 33.9. The van der Waals surface area contributed by atoms with Gasteiger partial charge in [-0.25, -0.2) is 5.01 Å². The molecule has 1 aliphatic heterocycles. The monoisotopic (exact) mass is 397 g/mol. The average molecular weight is 397 g/mol. The fraction of sp³-hybridized carbons (Fsp3) is 0.250. The molecule has 9 nitrogen and oxygen atoms in total. The lowest BCUT2D eigenvalue weighted by Gasteiger charge is -2.22. The molecule has 0 spiro atoms. The number of aliphatic carboxylic acids is 1. The normalized spacial score (nSPS) is 15.7. The first-order valence-electron chi connectivity index (χ1n) is 8.89. The minimum Gasteiger partial charge on any atom is -0.497 e. The lowest BCUT2D eigenvalue weighted by atomic mass is 9.98. The number of carboxylic acid groups (broad SMARTS) is 1. The number of rotatable bonds is 7. The maximum absolute atomic E-state index is 12.6. The summed E-state index contributed by atoms with van der Waals surface area (Å²) in [6, 6.07) is 12.8. The number of carbonyl (C=O) groups excluding carboxylic acids is 1. The molecule has 1 heterocycles. The SMILES string of the molecule is COc1cccc([C@@H]2CC(c3ccc([N+](=O)[O-])cc3)=NN2C(=O)CCC(=O)O)c1. The molecule has 0 aliphatic carbocycles. The summed E-state index contributed by atoms with van der Waals surface area (Å²) in [6.07, 6.45) is -0.0703. The average Bonchev–Trinajstić information content (AvgIpc) is 3.17. The summed E-state index contributed by atoms with van der Waals surface area (Å²) >= 11 is 0. The standard InChI is InChI=1S/C20H19N3O6/c1-29-16-4-2-3-14(11-16)18-12-17(13-5-7-15(8-6-13)23(27)28)21-22(18)19(24)9-10-20(25)26/h2-8,11,18H,9-10,12H2,1H3,(H,25,26)/t18-/m0/s1. The number of ether oxygens (including phenoxy) is 1. The third-order valence-electron chi connectivity index (χ3n) is 4.61. The first-order chi connectivity index (χ1) is 13.9. The molecule has 2 aromatic rings. The van der Waals surface area contributed by atoms with Crippen molar-refractivity contribution >= 4 is 23.3 Å². The summed E-state index contributed by atoms with van der Waals surface area (Å²) < 4.78 is 5.25. The van der Waals surface area contributed by atoms with Crippen LogP contribution in [0.5, 0.6) is 5.75 Å². The van der Waals surface area contributed by atoms with Crippen LogP contribution < -0.4 is 4.74 Å². The van der Waals surface area contributed by atoms with Gasteiger partial charge in [0, 0.05) is 25.0 Å². The van der Waals surface area contributed by atoms with Gasteiger partial charge in [-0.2, -0.15) is 5.10 Å². The molecule has 0 radical (unpaired) electrons. The van der Waals surface area contributed by atoms with Gasteiger partial charge in [0.05, 0.1) is 30.2 Å². The Balaban J connectivity index is 1.92. The maximum Gasteiger partial charge on any atom is 0.303 e. The van der Waals surface area contributed by atoms with Crippen LogP contribution in [-0.2, 0) is 9.59 Å². The van der Waals surface area contributed by atoms with Gasteiger partial charge in [-0.05, 0) is 35.4 Å².